The summed E-state index contributed by atoms with van der Waals surface area (Å²) in [5, 5.41) is 12.8. The number of esters is 1. The van der Waals surface area contributed by atoms with Crippen LogP contribution in [0.1, 0.15) is 109 Å². The number of hydrogen-bond donors (Lipinski definition) is 1. The fourth-order valence-corrected chi connectivity index (χ4v) is 7.25. The minimum atomic E-state index is -0.342. The molecule has 0 spiro atoms. The Balaban J connectivity index is 1.03. The zero-order valence-electron chi connectivity index (χ0n) is 25.2. The van der Waals surface area contributed by atoms with E-state index >= 15 is 0 Å². The Morgan fingerprint density at radius 2 is 1.27 bits per heavy atom. The number of unbranched alkanes of at least 4 members (excludes halogenated alkanes) is 2. The van der Waals surface area contributed by atoms with E-state index in [4.69, 9.17) is 14.7 Å². The molecule has 0 aromatic carbocycles. The summed E-state index contributed by atoms with van der Waals surface area (Å²) in [5.74, 6) is 17.7. The highest BCUT2D eigenvalue weighted by Crippen LogP contribution is 2.41. The minimum Gasteiger partial charge on any atom is -0.463 e. The quantitative estimate of drug-likeness (QED) is 0.143. The van der Waals surface area contributed by atoms with Gasteiger partial charge in [-0.2, -0.15) is 5.26 Å². The summed E-state index contributed by atoms with van der Waals surface area (Å²) in [5.41, 5.74) is 0. The molecule has 5 heteroatoms. The molecule has 5 nitrogen and oxygen atoms in total. The Bertz CT molecular complexity index is 962. The van der Waals surface area contributed by atoms with Gasteiger partial charge in [0.2, 0.25) is 0 Å². The second-order valence-electron chi connectivity index (χ2n) is 12.9. The summed E-state index contributed by atoms with van der Waals surface area (Å²) < 4.78 is 11.1. The molecule has 1 saturated heterocycles. The van der Waals surface area contributed by atoms with E-state index in [-0.39, 0.29) is 5.97 Å². The van der Waals surface area contributed by atoms with Crippen LogP contribution in [0.15, 0.2) is 12.7 Å². The maximum Gasteiger partial charge on any atom is 0.330 e. The lowest BCUT2D eigenvalue weighted by Gasteiger charge is -2.35. The standard InChI is InChI=1S/C36H52N2O3/c1-2-36(39)41-25-5-3-4-24-40-35-22-14-28(15-23-35)6-7-31-13-21-34(38-27-31)20-12-29-8-16-32(17-9-29)33-18-10-30(26-37)11-19-33/h2,28-35,38H,1,3-5,8-11,13-19,21-25,27H2. The summed E-state index contributed by atoms with van der Waals surface area (Å²) in [4.78, 5) is 11.0. The molecule has 2 unspecified atom stereocenters. The molecule has 224 valence electrons. The molecule has 1 aliphatic heterocycles. The predicted molar refractivity (Wildman–Crippen MR) is 163 cm³/mol. The number of piperidine rings is 1. The van der Waals surface area contributed by atoms with Crippen molar-refractivity contribution in [3.05, 3.63) is 12.7 Å². The SMILES string of the molecule is C=CC(=O)OCCCCCOC1CCC(C#CC2CCC(C#CC3CCC(C4CCC(C#N)CC4)CC3)NC2)CC1. The Kier molecular flexibility index (Phi) is 13.6. The van der Waals surface area contributed by atoms with Crippen LogP contribution in [0.4, 0.5) is 0 Å². The summed E-state index contributed by atoms with van der Waals surface area (Å²) in [7, 11) is 0. The molecule has 0 bridgehead atoms. The fraction of sp³-hybridized carbons (Fsp3) is 0.778. The molecule has 0 aromatic heterocycles. The van der Waals surface area contributed by atoms with E-state index < -0.39 is 0 Å². The van der Waals surface area contributed by atoms with Gasteiger partial charge in [0.1, 0.15) is 0 Å². The number of rotatable bonds is 9. The maximum atomic E-state index is 11.0. The molecule has 3 saturated carbocycles. The van der Waals surface area contributed by atoms with Crippen LogP contribution in [0.3, 0.4) is 0 Å². The maximum absolute atomic E-state index is 11.0. The lowest BCUT2D eigenvalue weighted by Crippen LogP contribution is -2.37. The first-order valence-electron chi connectivity index (χ1n) is 16.7. The molecule has 1 heterocycles. The average molecular weight is 561 g/mol. The Labute approximate surface area is 249 Å². The van der Waals surface area contributed by atoms with Gasteiger partial charge in [-0.15, -0.1) is 0 Å². The molecule has 3 aliphatic carbocycles. The minimum absolute atomic E-state index is 0.319. The molecule has 41 heavy (non-hydrogen) atoms. The first kappa shape index (κ1) is 31.7. The molecule has 2 atom stereocenters. The van der Waals surface area contributed by atoms with E-state index in [0.717, 1.165) is 95.6 Å². The smallest absolute Gasteiger partial charge is 0.330 e. The van der Waals surface area contributed by atoms with Crippen molar-refractivity contribution in [1.82, 2.24) is 5.32 Å². The number of ether oxygens (including phenoxy) is 2. The van der Waals surface area contributed by atoms with Crippen molar-refractivity contribution in [3.63, 3.8) is 0 Å². The highest BCUT2D eigenvalue weighted by atomic mass is 16.5. The molecule has 4 aliphatic rings. The molecule has 0 amide bonds. The van der Waals surface area contributed by atoms with E-state index in [1.165, 1.54) is 44.6 Å². The Morgan fingerprint density at radius 3 is 1.88 bits per heavy atom. The number of nitrogens with one attached hydrogen (secondary N) is 1. The van der Waals surface area contributed by atoms with E-state index in [0.29, 0.717) is 42.4 Å². The molecule has 1 N–H and O–H groups in total. The van der Waals surface area contributed by atoms with Crippen LogP contribution in [0.5, 0.6) is 0 Å². The molecule has 0 aromatic rings. The predicted octanol–water partition coefficient (Wildman–Crippen LogP) is 6.97. The lowest BCUT2D eigenvalue weighted by molar-refractivity contribution is -0.137. The van der Waals surface area contributed by atoms with Gasteiger partial charge >= 0.3 is 5.97 Å². The van der Waals surface area contributed by atoms with Gasteiger partial charge in [0, 0.05) is 42.9 Å². The molecule has 4 fully saturated rings. The number of nitriles is 1. The van der Waals surface area contributed by atoms with E-state index in [1.54, 1.807) is 0 Å². The number of hydrogen-bond acceptors (Lipinski definition) is 5. The first-order valence-corrected chi connectivity index (χ1v) is 16.7. The molecule has 4 rings (SSSR count). The second kappa shape index (κ2) is 17.6. The molecular formula is C36H52N2O3. The number of nitrogens with zero attached hydrogens (tertiary/aromatic N) is 1. The van der Waals surface area contributed by atoms with Gasteiger partial charge in [-0.25, -0.2) is 4.79 Å². The van der Waals surface area contributed by atoms with Gasteiger partial charge in [0.05, 0.1) is 24.8 Å². The van der Waals surface area contributed by atoms with Crippen LogP contribution >= 0.6 is 0 Å². The summed E-state index contributed by atoms with van der Waals surface area (Å²) >= 11 is 0. The van der Waals surface area contributed by atoms with E-state index in [9.17, 15) is 4.79 Å². The van der Waals surface area contributed by atoms with Crippen LogP contribution in [0, 0.1) is 70.5 Å². The van der Waals surface area contributed by atoms with Crippen molar-refractivity contribution in [2.24, 2.45) is 35.5 Å². The van der Waals surface area contributed by atoms with Crippen LogP contribution in [-0.4, -0.2) is 37.9 Å². The fourth-order valence-electron chi connectivity index (χ4n) is 7.25. The van der Waals surface area contributed by atoms with Crippen molar-refractivity contribution in [2.45, 2.75) is 121 Å². The number of carbonyl (C=O) groups excluding carboxylic acids is 1. The Hall–Kier alpha value is -2.26. The monoisotopic (exact) mass is 560 g/mol. The second-order valence-corrected chi connectivity index (χ2v) is 12.9. The van der Waals surface area contributed by atoms with Gasteiger partial charge in [-0.1, -0.05) is 30.3 Å². The van der Waals surface area contributed by atoms with Crippen LogP contribution in [0.25, 0.3) is 0 Å². The van der Waals surface area contributed by atoms with Gasteiger partial charge < -0.3 is 14.8 Å². The zero-order chi connectivity index (χ0) is 28.7. The molecular weight excluding hydrogens is 508 g/mol. The third-order valence-electron chi connectivity index (χ3n) is 9.99. The van der Waals surface area contributed by atoms with Crippen molar-refractivity contribution in [1.29, 1.82) is 5.26 Å². The third-order valence-corrected chi connectivity index (χ3v) is 9.99. The van der Waals surface area contributed by atoms with E-state index in [1.807, 2.05) is 0 Å². The summed E-state index contributed by atoms with van der Waals surface area (Å²) in [6.45, 7) is 5.63. The average Bonchev–Trinajstić information content (AvgIpc) is 3.03. The summed E-state index contributed by atoms with van der Waals surface area (Å²) in [6.07, 6.45) is 21.2. The van der Waals surface area contributed by atoms with Crippen molar-refractivity contribution >= 4 is 5.97 Å². The number of carbonyl (C=O) groups is 1. The largest absolute Gasteiger partial charge is 0.463 e. The van der Waals surface area contributed by atoms with E-state index in [2.05, 4.69) is 41.6 Å². The third kappa shape index (κ3) is 11.2. The van der Waals surface area contributed by atoms with Crippen LogP contribution in [-0.2, 0) is 14.3 Å². The van der Waals surface area contributed by atoms with Crippen molar-refractivity contribution in [2.75, 3.05) is 19.8 Å². The summed E-state index contributed by atoms with van der Waals surface area (Å²) in [6, 6.07) is 2.81. The highest BCUT2D eigenvalue weighted by Gasteiger charge is 2.30. The van der Waals surface area contributed by atoms with Gasteiger partial charge in [-0.05, 0) is 121 Å². The first-order chi connectivity index (χ1) is 20.1. The molecule has 0 radical (unpaired) electrons. The van der Waals surface area contributed by atoms with Crippen molar-refractivity contribution < 1.29 is 14.3 Å². The zero-order valence-corrected chi connectivity index (χ0v) is 25.2. The lowest BCUT2D eigenvalue weighted by atomic mass is 9.69. The van der Waals surface area contributed by atoms with Gasteiger partial charge in [0.25, 0.3) is 0 Å². The van der Waals surface area contributed by atoms with Gasteiger partial charge in [0.15, 0.2) is 0 Å². The van der Waals surface area contributed by atoms with Crippen LogP contribution < -0.4 is 5.32 Å². The normalized spacial score (nSPS) is 33.6. The van der Waals surface area contributed by atoms with Crippen molar-refractivity contribution in [3.8, 4) is 29.8 Å². The van der Waals surface area contributed by atoms with Gasteiger partial charge in [-0.3, -0.25) is 0 Å². The Morgan fingerprint density at radius 1 is 0.707 bits per heavy atom. The highest BCUT2D eigenvalue weighted by molar-refractivity contribution is 5.81. The van der Waals surface area contributed by atoms with Crippen LogP contribution in [0.2, 0.25) is 0 Å². The topological polar surface area (TPSA) is 71.3 Å².